The van der Waals surface area contributed by atoms with Gasteiger partial charge in [-0.3, -0.25) is 37.6 Å². The van der Waals surface area contributed by atoms with E-state index in [9.17, 15) is 32.7 Å². The molecular formula is C26H25FIN5O6S. The highest BCUT2D eigenvalue weighted by Crippen LogP contribution is 2.40. The van der Waals surface area contributed by atoms with Crippen LogP contribution in [-0.2, 0) is 7.05 Å². The molecule has 11 nitrogen and oxygen atoms in total. The van der Waals surface area contributed by atoms with E-state index in [1.165, 1.54) is 41.6 Å². The molecule has 0 atom stereocenters. The monoisotopic (exact) mass is 681 g/mol. The average molecular weight is 681 g/mol. The summed E-state index contributed by atoms with van der Waals surface area (Å²) in [5.74, 6) is -0.796. The van der Waals surface area contributed by atoms with Crippen molar-refractivity contribution in [1.29, 1.82) is 0 Å². The predicted molar refractivity (Wildman–Crippen MR) is 161 cm³/mol. The molecule has 0 bridgehead atoms. The van der Waals surface area contributed by atoms with Gasteiger partial charge in [-0.05, 0) is 65.9 Å². The van der Waals surface area contributed by atoms with Crippen molar-refractivity contribution in [1.82, 2.24) is 19.0 Å². The van der Waals surface area contributed by atoms with Crippen molar-refractivity contribution in [2.75, 3.05) is 29.9 Å². The Morgan fingerprint density at radius 2 is 1.80 bits per heavy atom. The molecule has 4 aromatic rings. The summed E-state index contributed by atoms with van der Waals surface area (Å²) in [6.07, 6.45) is 0. The number of H-pyrrole nitrogens is 1. The average Bonchev–Trinajstić information content (AvgIpc) is 2.90. The SMILES string of the molecule is Cc1c(=O)n(C)c(Nc2ccc(I)cc2F)c2c(=O)[nH]c(=O)n(-c3cccc(C(=O)N4CCS(O)(O)CC4)c3)c12. The number of nitrogens with zero attached hydrogens (tertiary/aromatic N) is 3. The van der Waals surface area contributed by atoms with Gasteiger partial charge in [-0.1, -0.05) is 6.07 Å². The first-order valence-electron chi connectivity index (χ1n) is 12.1. The molecule has 2 aromatic carbocycles. The van der Waals surface area contributed by atoms with Gasteiger partial charge >= 0.3 is 5.69 Å². The molecule has 1 aliphatic heterocycles. The van der Waals surface area contributed by atoms with E-state index >= 15 is 0 Å². The standard InChI is InChI=1S/C26H25FIN5O6S/c1-14-21-20(22(31(2)24(14)35)29-19-7-6-16(28)13-18(19)27)23(34)30-26(37)33(21)17-5-3-4-15(12-17)25(36)32-8-10-40(38,39)11-9-32/h3-7,12-13,29,38-39H,8-11H2,1-2H3,(H,30,34,37). The predicted octanol–water partition coefficient (Wildman–Crippen LogP) is 3.38. The molecule has 0 radical (unpaired) electrons. The molecule has 40 heavy (non-hydrogen) atoms. The van der Waals surface area contributed by atoms with Crippen LogP contribution in [0.1, 0.15) is 15.9 Å². The second-order valence-electron chi connectivity index (χ2n) is 9.46. The van der Waals surface area contributed by atoms with E-state index in [0.29, 0.717) is 3.57 Å². The smallest absolute Gasteiger partial charge is 0.333 e. The number of anilines is 2. The number of rotatable bonds is 4. The zero-order chi connectivity index (χ0) is 28.9. The van der Waals surface area contributed by atoms with Crippen molar-refractivity contribution in [3.63, 3.8) is 0 Å². The summed E-state index contributed by atoms with van der Waals surface area (Å²) in [6.45, 7) is 1.83. The first-order valence-corrected chi connectivity index (χ1v) is 15.1. The molecule has 210 valence electrons. The lowest BCUT2D eigenvalue weighted by atomic mass is 10.1. The molecular weight excluding hydrogens is 656 g/mol. The van der Waals surface area contributed by atoms with Gasteiger partial charge in [0.15, 0.2) is 0 Å². The Bertz CT molecular complexity index is 1860. The minimum Gasteiger partial charge on any atom is -0.338 e. The molecule has 4 N–H and O–H groups in total. The highest BCUT2D eigenvalue weighted by atomic mass is 127. The number of halogens is 2. The van der Waals surface area contributed by atoms with Crippen molar-refractivity contribution >= 4 is 61.5 Å². The minimum atomic E-state index is -2.70. The summed E-state index contributed by atoms with van der Waals surface area (Å²) >= 11 is 1.96. The van der Waals surface area contributed by atoms with Crippen molar-refractivity contribution in [3.05, 3.63) is 94.2 Å². The van der Waals surface area contributed by atoms with E-state index in [-0.39, 0.29) is 69.7 Å². The zero-order valence-corrected chi connectivity index (χ0v) is 24.4. The Morgan fingerprint density at radius 1 is 1.10 bits per heavy atom. The third kappa shape index (κ3) is 5.07. The van der Waals surface area contributed by atoms with Gasteiger partial charge in [0.2, 0.25) is 0 Å². The van der Waals surface area contributed by atoms with Crippen molar-refractivity contribution in [2.24, 2.45) is 7.05 Å². The first kappa shape index (κ1) is 28.1. The maximum absolute atomic E-state index is 14.7. The van der Waals surface area contributed by atoms with Crippen molar-refractivity contribution in [2.45, 2.75) is 6.92 Å². The number of aromatic nitrogens is 3. The van der Waals surface area contributed by atoms with E-state index in [2.05, 4.69) is 10.3 Å². The number of nitrogens with one attached hydrogen (secondary N) is 2. The number of hydrogen-bond donors (Lipinski definition) is 4. The van der Waals surface area contributed by atoms with Gasteiger partial charge in [0.1, 0.15) is 17.0 Å². The molecule has 0 saturated carbocycles. The third-order valence-corrected chi connectivity index (χ3v) is 9.21. The summed E-state index contributed by atoms with van der Waals surface area (Å²) in [6, 6.07) is 10.6. The number of aromatic amines is 1. The molecule has 0 aliphatic carbocycles. The molecule has 1 amide bonds. The van der Waals surface area contributed by atoms with Crippen LogP contribution in [0, 0.1) is 16.3 Å². The number of fused-ring (bicyclic) bond motifs is 1. The molecule has 1 fully saturated rings. The molecule has 1 aliphatic rings. The van der Waals surface area contributed by atoms with E-state index in [0.717, 1.165) is 4.57 Å². The number of pyridine rings is 1. The molecule has 14 heteroatoms. The van der Waals surface area contributed by atoms with Gasteiger partial charge < -0.3 is 10.2 Å². The number of hydrogen-bond acceptors (Lipinski definition) is 7. The van der Waals surface area contributed by atoms with Gasteiger partial charge in [0, 0.05) is 34.8 Å². The number of aryl methyl sites for hydroxylation is 1. The fraction of sp³-hybridized carbons (Fsp3) is 0.231. The highest BCUT2D eigenvalue weighted by molar-refractivity contribution is 14.1. The fourth-order valence-electron chi connectivity index (χ4n) is 4.73. The van der Waals surface area contributed by atoms with Crippen molar-refractivity contribution in [3.8, 4) is 5.69 Å². The third-order valence-electron chi connectivity index (χ3n) is 6.86. The Hall–Kier alpha value is -3.47. The summed E-state index contributed by atoms with van der Waals surface area (Å²) in [5.41, 5.74) is -1.50. The zero-order valence-electron chi connectivity index (χ0n) is 21.4. The van der Waals surface area contributed by atoms with Crippen LogP contribution < -0.4 is 22.1 Å². The summed E-state index contributed by atoms with van der Waals surface area (Å²) in [7, 11) is -1.26. The largest absolute Gasteiger partial charge is 0.338 e. The van der Waals surface area contributed by atoms with E-state index in [1.807, 2.05) is 22.6 Å². The highest BCUT2D eigenvalue weighted by Gasteiger charge is 2.27. The van der Waals surface area contributed by atoms with Gasteiger partial charge in [-0.25, -0.2) is 9.18 Å². The van der Waals surface area contributed by atoms with Gasteiger partial charge in [-0.2, -0.15) is 10.6 Å². The molecule has 1 saturated heterocycles. The number of benzene rings is 2. The second kappa shape index (κ2) is 10.5. The van der Waals surface area contributed by atoms with Gasteiger partial charge in [0.25, 0.3) is 17.0 Å². The lowest BCUT2D eigenvalue weighted by molar-refractivity contribution is 0.0768. The summed E-state index contributed by atoms with van der Waals surface area (Å²) < 4.78 is 37.5. The molecule has 3 heterocycles. The summed E-state index contributed by atoms with van der Waals surface area (Å²) in [5, 5.41) is 2.80. The van der Waals surface area contributed by atoms with Gasteiger partial charge in [0.05, 0.1) is 28.4 Å². The first-order chi connectivity index (χ1) is 18.9. The van der Waals surface area contributed by atoms with Crippen LogP contribution in [0.5, 0.6) is 0 Å². The number of amides is 1. The van der Waals surface area contributed by atoms with E-state index in [4.69, 9.17) is 0 Å². The fourth-order valence-corrected chi connectivity index (χ4v) is 6.42. The maximum atomic E-state index is 14.7. The Morgan fingerprint density at radius 3 is 2.48 bits per heavy atom. The second-order valence-corrected chi connectivity index (χ2v) is 13.1. The van der Waals surface area contributed by atoms with Crippen LogP contribution in [0.2, 0.25) is 0 Å². The normalized spacial score (nSPS) is 15.7. The van der Waals surface area contributed by atoms with E-state index in [1.54, 1.807) is 24.3 Å². The van der Waals surface area contributed by atoms with Crippen LogP contribution in [-0.4, -0.2) is 58.6 Å². The maximum Gasteiger partial charge on any atom is 0.333 e. The Balaban J connectivity index is 1.69. The van der Waals surface area contributed by atoms with Crippen LogP contribution in [0.25, 0.3) is 16.6 Å². The van der Waals surface area contributed by atoms with Crippen LogP contribution in [0.15, 0.2) is 56.8 Å². The van der Waals surface area contributed by atoms with E-state index < -0.39 is 33.2 Å². The number of carbonyl (C=O) groups is 1. The Kier molecular flexibility index (Phi) is 7.37. The summed E-state index contributed by atoms with van der Waals surface area (Å²) in [4.78, 5) is 56.6. The Labute approximate surface area is 241 Å². The van der Waals surface area contributed by atoms with Crippen LogP contribution in [0.3, 0.4) is 0 Å². The molecule has 0 unspecified atom stereocenters. The quantitative estimate of drug-likeness (QED) is 0.242. The van der Waals surface area contributed by atoms with Gasteiger partial charge in [-0.15, -0.1) is 0 Å². The minimum absolute atomic E-state index is 0.0137. The molecule has 2 aromatic heterocycles. The lowest BCUT2D eigenvalue weighted by Gasteiger charge is -2.40. The lowest BCUT2D eigenvalue weighted by Crippen LogP contribution is -2.42. The topological polar surface area (TPSA) is 150 Å². The molecule has 0 spiro atoms. The number of carbonyl (C=O) groups excluding carboxylic acids is 1. The van der Waals surface area contributed by atoms with Crippen LogP contribution in [0.4, 0.5) is 15.9 Å². The van der Waals surface area contributed by atoms with Crippen LogP contribution >= 0.6 is 33.2 Å². The van der Waals surface area contributed by atoms with Crippen molar-refractivity contribution < 1.29 is 18.3 Å². The molecule has 5 rings (SSSR count).